The molecular weight excluding hydrogens is 316 g/mol. The number of thioether (sulfide) groups is 1. The molecule has 3 rings (SSSR count). The summed E-state index contributed by atoms with van der Waals surface area (Å²) < 4.78 is 0. The SMILES string of the molecule is CSc1nc2c(c(=O)[nH]1)CN(Cc1ccccc1[N+](=O)[O-])CC2. The zero-order valence-corrected chi connectivity index (χ0v) is 13.4. The van der Waals surface area contributed by atoms with E-state index in [9.17, 15) is 14.9 Å². The van der Waals surface area contributed by atoms with Gasteiger partial charge in [-0.15, -0.1) is 0 Å². The monoisotopic (exact) mass is 332 g/mol. The van der Waals surface area contributed by atoms with Crippen molar-refractivity contribution in [3.8, 4) is 0 Å². The summed E-state index contributed by atoms with van der Waals surface area (Å²) in [6, 6.07) is 6.71. The second-order valence-corrected chi connectivity index (χ2v) is 6.14. The molecule has 1 aliphatic rings. The van der Waals surface area contributed by atoms with E-state index in [0.29, 0.717) is 35.8 Å². The van der Waals surface area contributed by atoms with Crippen molar-refractivity contribution in [2.24, 2.45) is 0 Å². The first kappa shape index (κ1) is 15.7. The van der Waals surface area contributed by atoms with E-state index in [2.05, 4.69) is 9.97 Å². The average molecular weight is 332 g/mol. The number of aromatic nitrogens is 2. The van der Waals surface area contributed by atoms with Gasteiger partial charge >= 0.3 is 0 Å². The third-order valence-electron chi connectivity index (χ3n) is 3.90. The molecule has 0 spiro atoms. The molecule has 0 radical (unpaired) electrons. The van der Waals surface area contributed by atoms with Crippen molar-refractivity contribution in [3.05, 3.63) is 61.6 Å². The summed E-state index contributed by atoms with van der Waals surface area (Å²) in [5, 5.41) is 11.7. The van der Waals surface area contributed by atoms with Crippen LogP contribution in [0.3, 0.4) is 0 Å². The molecule has 1 aliphatic heterocycles. The number of rotatable bonds is 4. The zero-order chi connectivity index (χ0) is 16.4. The van der Waals surface area contributed by atoms with E-state index in [1.807, 2.05) is 11.2 Å². The van der Waals surface area contributed by atoms with Crippen molar-refractivity contribution in [3.63, 3.8) is 0 Å². The number of fused-ring (bicyclic) bond motifs is 1. The molecule has 8 heteroatoms. The van der Waals surface area contributed by atoms with Crippen LogP contribution in [0.5, 0.6) is 0 Å². The molecule has 23 heavy (non-hydrogen) atoms. The molecule has 7 nitrogen and oxygen atoms in total. The lowest BCUT2D eigenvalue weighted by Gasteiger charge is -2.27. The number of nitrogens with zero attached hydrogens (tertiary/aromatic N) is 3. The van der Waals surface area contributed by atoms with Gasteiger partial charge in [0.15, 0.2) is 5.16 Å². The summed E-state index contributed by atoms with van der Waals surface area (Å²) in [5.74, 6) is 0. The van der Waals surface area contributed by atoms with Gasteiger partial charge in [-0.1, -0.05) is 30.0 Å². The first-order chi connectivity index (χ1) is 11.1. The number of nitro groups is 1. The fraction of sp³-hybridized carbons (Fsp3) is 0.333. The van der Waals surface area contributed by atoms with Crippen LogP contribution in [0.15, 0.2) is 34.2 Å². The Labute approximate surface area is 136 Å². The van der Waals surface area contributed by atoms with Crippen LogP contribution in [-0.4, -0.2) is 32.6 Å². The predicted molar refractivity (Wildman–Crippen MR) is 87.6 cm³/mol. The van der Waals surface area contributed by atoms with Crippen molar-refractivity contribution in [2.45, 2.75) is 24.7 Å². The van der Waals surface area contributed by atoms with Crippen LogP contribution in [0, 0.1) is 10.1 Å². The maximum absolute atomic E-state index is 12.2. The van der Waals surface area contributed by atoms with E-state index in [1.54, 1.807) is 18.2 Å². The van der Waals surface area contributed by atoms with Crippen LogP contribution >= 0.6 is 11.8 Å². The molecule has 120 valence electrons. The molecule has 0 aliphatic carbocycles. The zero-order valence-electron chi connectivity index (χ0n) is 12.6. The highest BCUT2D eigenvalue weighted by atomic mass is 32.2. The lowest BCUT2D eigenvalue weighted by molar-refractivity contribution is -0.385. The second-order valence-electron chi connectivity index (χ2n) is 5.35. The first-order valence-electron chi connectivity index (χ1n) is 7.19. The summed E-state index contributed by atoms with van der Waals surface area (Å²) in [6.07, 6.45) is 2.54. The van der Waals surface area contributed by atoms with Crippen LogP contribution in [0.25, 0.3) is 0 Å². The Bertz CT molecular complexity index is 806. The van der Waals surface area contributed by atoms with Gasteiger partial charge in [-0.25, -0.2) is 4.98 Å². The van der Waals surface area contributed by atoms with Gasteiger partial charge in [0.2, 0.25) is 0 Å². The Morgan fingerprint density at radius 2 is 2.22 bits per heavy atom. The maximum atomic E-state index is 12.2. The number of hydrogen-bond donors (Lipinski definition) is 1. The van der Waals surface area contributed by atoms with Crippen LogP contribution in [-0.2, 0) is 19.5 Å². The van der Waals surface area contributed by atoms with Gasteiger partial charge in [-0.05, 0) is 6.26 Å². The predicted octanol–water partition coefficient (Wildman–Crippen LogP) is 1.96. The molecule has 2 aromatic rings. The highest BCUT2D eigenvalue weighted by Gasteiger charge is 2.23. The molecular formula is C15H16N4O3S. The minimum atomic E-state index is -0.369. The molecule has 0 saturated heterocycles. The molecule has 1 aromatic heterocycles. The first-order valence-corrected chi connectivity index (χ1v) is 8.41. The number of benzene rings is 1. The standard InChI is InChI=1S/C15H16N4O3S/c1-23-15-16-12-6-7-18(9-11(12)14(20)17-15)8-10-4-2-3-5-13(10)19(21)22/h2-5H,6-9H2,1H3,(H,16,17,20). The number of H-pyrrole nitrogens is 1. The summed E-state index contributed by atoms with van der Waals surface area (Å²) in [4.78, 5) is 32.2. The molecule has 0 amide bonds. The Morgan fingerprint density at radius 1 is 1.43 bits per heavy atom. The number of hydrogen-bond acceptors (Lipinski definition) is 6. The Morgan fingerprint density at radius 3 is 2.96 bits per heavy atom. The minimum absolute atomic E-state index is 0.114. The Hall–Kier alpha value is -2.19. The second kappa shape index (κ2) is 6.51. The molecule has 0 fully saturated rings. The van der Waals surface area contributed by atoms with E-state index in [4.69, 9.17) is 0 Å². The Balaban J connectivity index is 1.83. The summed E-state index contributed by atoms with van der Waals surface area (Å²) in [5.41, 5.74) is 2.14. The van der Waals surface area contributed by atoms with E-state index in [-0.39, 0.29) is 16.2 Å². The van der Waals surface area contributed by atoms with Crippen molar-refractivity contribution in [1.82, 2.24) is 14.9 Å². The van der Waals surface area contributed by atoms with Crippen LogP contribution in [0.4, 0.5) is 5.69 Å². The molecule has 1 N–H and O–H groups in total. The van der Waals surface area contributed by atoms with E-state index in [0.717, 1.165) is 12.2 Å². The van der Waals surface area contributed by atoms with Crippen molar-refractivity contribution < 1.29 is 4.92 Å². The fourth-order valence-corrected chi connectivity index (χ4v) is 3.15. The highest BCUT2D eigenvalue weighted by Crippen LogP contribution is 2.23. The molecule has 2 heterocycles. The minimum Gasteiger partial charge on any atom is -0.301 e. The Kier molecular flexibility index (Phi) is 4.44. The van der Waals surface area contributed by atoms with E-state index in [1.165, 1.54) is 17.8 Å². The highest BCUT2D eigenvalue weighted by molar-refractivity contribution is 7.98. The van der Waals surface area contributed by atoms with Gasteiger partial charge in [-0.3, -0.25) is 19.8 Å². The lowest BCUT2D eigenvalue weighted by Crippen LogP contribution is -2.35. The van der Waals surface area contributed by atoms with Gasteiger partial charge in [0.1, 0.15) is 0 Å². The number of nitro benzene ring substituents is 1. The lowest BCUT2D eigenvalue weighted by atomic mass is 10.1. The normalized spacial score (nSPS) is 14.5. The molecule has 1 aromatic carbocycles. The quantitative estimate of drug-likeness (QED) is 0.398. The third kappa shape index (κ3) is 3.27. The van der Waals surface area contributed by atoms with Gasteiger partial charge in [0.05, 0.1) is 16.2 Å². The largest absolute Gasteiger partial charge is 0.301 e. The average Bonchev–Trinajstić information content (AvgIpc) is 2.55. The van der Waals surface area contributed by atoms with E-state index < -0.39 is 0 Å². The summed E-state index contributed by atoms with van der Waals surface area (Å²) in [7, 11) is 0. The summed E-state index contributed by atoms with van der Waals surface area (Å²) >= 11 is 1.41. The number of para-hydroxylation sites is 1. The number of aromatic amines is 1. The topological polar surface area (TPSA) is 92.1 Å². The van der Waals surface area contributed by atoms with Gasteiger partial charge in [0.25, 0.3) is 11.2 Å². The van der Waals surface area contributed by atoms with Crippen LogP contribution in [0.2, 0.25) is 0 Å². The van der Waals surface area contributed by atoms with E-state index >= 15 is 0 Å². The molecule has 0 bridgehead atoms. The maximum Gasteiger partial charge on any atom is 0.273 e. The van der Waals surface area contributed by atoms with Gasteiger partial charge in [-0.2, -0.15) is 0 Å². The molecule has 0 saturated carbocycles. The third-order valence-corrected chi connectivity index (χ3v) is 4.48. The number of nitrogens with one attached hydrogen (secondary N) is 1. The summed E-state index contributed by atoms with van der Waals surface area (Å²) in [6.45, 7) is 1.63. The van der Waals surface area contributed by atoms with Gasteiger partial charge in [0, 0.05) is 37.7 Å². The van der Waals surface area contributed by atoms with Crippen LogP contribution < -0.4 is 5.56 Å². The van der Waals surface area contributed by atoms with Crippen molar-refractivity contribution in [1.29, 1.82) is 0 Å². The van der Waals surface area contributed by atoms with Gasteiger partial charge < -0.3 is 4.98 Å². The van der Waals surface area contributed by atoms with Crippen molar-refractivity contribution >= 4 is 17.4 Å². The fourth-order valence-electron chi connectivity index (χ4n) is 2.75. The van der Waals surface area contributed by atoms with Crippen LogP contribution in [0.1, 0.15) is 16.8 Å². The molecule has 0 unspecified atom stereocenters. The molecule has 0 atom stereocenters. The van der Waals surface area contributed by atoms with Crippen molar-refractivity contribution in [2.75, 3.05) is 12.8 Å². The smallest absolute Gasteiger partial charge is 0.273 e.